The maximum absolute atomic E-state index is 12.8. The van der Waals surface area contributed by atoms with Crippen LogP contribution in [0.3, 0.4) is 0 Å². The van der Waals surface area contributed by atoms with Gasteiger partial charge in [-0.15, -0.1) is 0 Å². The molecule has 1 aromatic carbocycles. The molecule has 0 saturated heterocycles. The second kappa shape index (κ2) is 8.90. The fourth-order valence-electron chi connectivity index (χ4n) is 3.28. The van der Waals surface area contributed by atoms with Gasteiger partial charge in [0.25, 0.3) is 5.91 Å². The van der Waals surface area contributed by atoms with Crippen LogP contribution in [0.15, 0.2) is 29.5 Å². The Morgan fingerprint density at radius 2 is 1.93 bits per heavy atom. The number of nitrogens with zero attached hydrogens (tertiary/aromatic N) is 1. The minimum absolute atomic E-state index is 0.0963. The highest BCUT2D eigenvalue weighted by molar-refractivity contribution is 6.09. The molecule has 7 nitrogen and oxygen atoms in total. The van der Waals surface area contributed by atoms with Crippen molar-refractivity contribution < 1.29 is 28.9 Å². The lowest BCUT2D eigenvalue weighted by molar-refractivity contribution is -0.129. The number of methoxy groups -OCH3 is 3. The molecule has 148 valence electrons. The smallest absolute Gasteiger partial charge is 0.290 e. The van der Waals surface area contributed by atoms with Crippen molar-refractivity contribution in [3.05, 3.63) is 35.1 Å². The summed E-state index contributed by atoms with van der Waals surface area (Å²) in [4.78, 5) is 27.0. The van der Waals surface area contributed by atoms with Crippen LogP contribution < -0.4 is 9.47 Å². The van der Waals surface area contributed by atoms with E-state index in [0.29, 0.717) is 36.6 Å². The van der Waals surface area contributed by atoms with Crippen LogP contribution in [0.5, 0.6) is 11.5 Å². The lowest BCUT2D eigenvalue weighted by Gasteiger charge is -2.28. The van der Waals surface area contributed by atoms with Crippen molar-refractivity contribution in [1.82, 2.24) is 4.90 Å². The van der Waals surface area contributed by atoms with E-state index in [-0.39, 0.29) is 17.3 Å². The number of hydrogen-bond acceptors (Lipinski definition) is 6. The topological polar surface area (TPSA) is 85.3 Å². The van der Waals surface area contributed by atoms with Gasteiger partial charge in [0.05, 0.1) is 25.8 Å². The molecule has 1 unspecified atom stereocenters. The number of carbonyl (C=O) groups is 2. The highest BCUT2D eigenvalue weighted by Gasteiger charge is 2.45. The number of amides is 1. The summed E-state index contributed by atoms with van der Waals surface area (Å²) < 4.78 is 15.9. The Bertz CT molecular complexity index is 740. The number of Topliss-reactive ketones (excluding diaryl/α,β-unsaturated/α-hetero) is 1. The molecule has 0 aromatic heterocycles. The Kier molecular flexibility index (Phi) is 6.85. The van der Waals surface area contributed by atoms with Crippen molar-refractivity contribution in [2.45, 2.75) is 26.3 Å². The van der Waals surface area contributed by atoms with Gasteiger partial charge in [0, 0.05) is 31.7 Å². The molecule has 1 aliphatic heterocycles. The zero-order chi connectivity index (χ0) is 20.1. The molecule has 0 radical (unpaired) electrons. The predicted octanol–water partition coefficient (Wildman–Crippen LogP) is 2.66. The molecule has 0 aliphatic carbocycles. The Hall–Kier alpha value is -2.54. The number of rotatable bonds is 9. The minimum atomic E-state index is -0.741. The van der Waals surface area contributed by atoms with Gasteiger partial charge in [-0.3, -0.25) is 9.59 Å². The van der Waals surface area contributed by atoms with Crippen LogP contribution in [0.4, 0.5) is 0 Å². The number of ketones is 1. The van der Waals surface area contributed by atoms with Gasteiger partial charge in [0.2, 0.25) is 0 Å². The normalized spacial score (nSPS) is 17.0. The van der Waals surface area contributed by atoms with Crippen molar-refractivity contribution >= 4 is 11.7 Å². The average molecular weight is 377 g/mol. The van der Waals surface area contributed by atoms with Gasteiger partial charge in [0.15, 0.2) is 23.0 Å². The Morgan fingerprint density at radius 3 is 2.48 bits per heavy atom. The van der Waals surface area contributed by atoms with Crippen LogP contribution >= 0.6 is 0 Å². The van der Waals surface area contributed by atoms with E-state index in [9.17, 15) is 14.7 Å². The molecule has 0 spiro atoms. The average Bonchev–Trinajstić information content (AvgIpc) is 2.91. The Morgan fingerprint density at radius 1 is 1.22 bits per heavy atom. The number of carbonyl (C=O) groups excluding carboxylic acids is 2. The Balaban J connectivity index is 2.60. The van der Waals surface area contributed by atoms with Crippen molar-refractivity contribution in [2.75, 3.05) is 34.5 Å². The van der Waals surface area contributed by atoms with Gasteiger partial charge in [0.1, 0.15) is 0 Å². The van der Waals surface area contributed by atoms with E-state index >= 15 is 0 Å². The van der Waals surface area contributed by atoms with E-state index in [2.05, 4.69) is 0 Å². The number of hydrogen-bond donors (Lipinski definition) is 1. The molecule has 27 heavy (non-hydrogen) atoms. The molecular weight excluding hydrogens is 350 g/mol. The summed E-state index contributed by atoms with van der Waals surface area (Å²) in [7, 11) is 4.60. The summed E-state index contributed by atoms with van der Waals surface area (Å²) in [6.45, 7) is 4.26. The van der Waals surface area contributed by atoms with Gasteiger partial charge >= 0.3 is 0 Å². The fraction of sp³-hybridized carbons (Fsp3) is 0.500. The molecule has 1 heterocycles. The third kappa shape index (κ3) is 3.93. The zero-order valence-electron chi connectivity index (χ0n) is 16.4. The molecule has 1 amide bonds. The maximum atomic E-state index is 12.8. The monoisotopic (exact) mass is 377 g/mol. The molecule has 7 heteroatoms. The summed E-state index contributed by atoms with van der Waals surface area (Å²) in [5.74, 6) is -0.788. The highest BCUT2D eigenvalue weighted by Crippen LogP contribution is 2.45. The van der Waals surface area contributed by atoms with Gasteiger partial charge in [-0.1, -0.05) is 26.0 Å². The van der Waals surface area contributed by atoms with E-state index in [1.165, 1.54) is 19.1 Å². The first-order chi connectivity index (χ1) is 12.9. The lowest BCUT2D eigenvalue weighted by Crippen LogP contribution is -2.33. The fourth-order valence-corrected chi connectivity index (χ4v) is 3.28. The van der Waals surface area contributed by atoms with Gasteiger partial charge < -0.3 is 24.2 Å². The van der Waals surface area contributed by atoms with Crippen LogP contribution in [0.25, 0.3) is 0 Å². The largest absolute Gasteiger partial charge is 0.503 e. The standard InChI is InChI=1S/C20H27NO6/c1-12(2)17(22)15-16(13-8-6-9-14(26-4)19(13)27-5)21(10-7-11-25-3)20(24)18(15)23/h6,8-9,12,16,23H,7,10-11H2,1-5H3. The number of benzene rings is 1. The zero-order valence-corrected chi connectivity index (χ0v) is 16.4. The van der Waals surface area contributed by atoms with Crippen LogP contribution in [0, 0.1) is 5.92 Å². The third-order valence-electron chi connectivity index (χ3n) is 4.57. The molecule has 1 N–H and O–H groups in total. The van der Waals surface area contributed by atoms with E-state index in [0.717, 1.165) is 0 Å². The van der Waals surface area contributed by atoms with Crippen molar-refractivity contribution in [2.24, 2.45) is 5.92 Å². The molecule has 1 atom stereocenters. The number of para-hydroxylation sites is 1. The van der Waals surface area contributed by atoms with Gasteiger partial charge in [-0.25, -0.2) is 0 Å². The quantitative estimate of drug-likeness (QED) is 0.666. The van der Waals surface area contributed by atoms with E-state index in [1.807, 2.05) is 0 Å². The Labute approximate surface area is 159 Å². The van der Waals surface area contributed by atoms with Gasteiger partial charge in [-0.05, 0) is 12.5 Å². The first-order valence-electron chi connectivity index (χ1n) is 8.87. The van der Waals surface area contributed by atoms with E-state index < -0.39 is 17.7 Å². The van der Waals surface area contributed by atoms with Crippen molar-refractivity contribution in [3.63, 3.8) is 0 Å². The van der Waals surface area contributed by atoms with E-state index in [1.54, 1.807) is 39.2 Å². The highest BCUT2D eigenvalue weighted by atomic mass is 16.5. The van der Waals surface area contributed by atoms with Crippen LogP contribution in [0.2, 0.25) is 0 Å². The van der Waals surface area contributed by atoms with Crippen LogP contribution in [0.1, 0.15) is 31.9 Å². The SMILES string of the molecule is COCCCN1C(=O)C(O)=C(C(=O)C(C)C)C1c1cccc(OC)c1OC. The second-order valence-electron chi connectivity index (χ2n) is 6.61. The van der Waals surface area contributed by atoms with Crippen LogP contribution in [-0.4, -0.2) is 56.2 Å². The summed E-state index contributed by atoms with van der Waals surface area (Å²) in [5.41, 5.74) is 0.689. The van der Waals surface area contributed by atoms with Crippen molar-refractivity contribution in [1.29, 1.82) is 0 Å². The van der Waals surface area contributed by atoms with Gasteiger partial charge in [-0.2, -0.15) is 0 Å². The predicted molar refractivity (Wildman–Crippen MR) is 100.0 cm³/mol. The first-order valence-corrected chi connectivity index (χ1v) is 8.87. The molecule has 1 aromatic rings. The number of aliphatic hydroxyl groups excluding tert-OH is 1. The molecule has 0 fully saturated rings. The molecule has 0 saturated carbocycles. The maximum Gasteiger partial charge on any atom is 0.290 e. The summed E-state index contributed by atoms with van der Waals surface area (Å²) in [6, 6.07) is 4.53. The number of ether oxygens (including phenoxy) is 3. The van der Waals surface area contributed by atoms with E-state index in [4.69, 9.17) is 14.2 Å². The first kappa shape index (κ1) is 20.8. The molecule has 0 bridgehead atoms. The summed E-state index contributed by atoms with van der Waals surface area (Å²) in [5, 5.41) is 10.5. The molecule has 2 rings (SSSR count). The molecule has 1 aliphatic rings. The third-order valence-corrected chi connectivity index (χ3v) is 4.57. The van der Waals surface area contributed by atoms with Crippen LogP contribution in [-0.2, 0) is 14.3 Å². The molecular formula is C20H27NO6. The lowest BCUT2D eigenvalue weighted by atomic mass is 9.90. The second-order valence-corrected chi connectivity index (χ2v) is 6.61. The summed E-state index contributed by atoms with van der Waals surface area (Å²) >= 11 is 0. The number of aliphatic hydroxyl groups is 1. The minimum Gasteiger partial charge on any atom is -0.503 e. The summed E-state index contributed by atoms with van der Waals surface area (Å²) in [6.07, 6.45) is 0.571. The van der Waals surface area contributed by atoms with Crippen molar-refractivity contribution in [3.8, 4) is 11.5 Å².